The van der Waals surface area contributed by atoms with Crippen LogP contribution in [0, 0.1) is 0 Å². The van der Waals surface area contributed by atoms with Crippen LogP contribution in [0.25, 0.3) is 0 Å². The Hall–Kier alpha value is -1.92. The fourth-order valence-corrected chi connectivity index (χ4v) is 2.34. The van der Waals surface area contributed by atoms with Crippen LogP contribution in [0.1, 0.15) is 51.7 Å². The highest BCUT2D eigenvalue weighted by Gasteiger charge is 2.36. The fourth-order valence-electron chi connectivity index (χ4n) is 2.34. The largest absolute Gasteiger partial charge is 0.337 e. The molecule has 2 amide bonds. The van der Waals surface area contributed by atoms with E-state index in [0.29, 0.717) is 18.3 Å². The van der Waals surface area contributed by atoms with E-state index in [0.717, 1.165) is 6.42 Å². The molecule has 0 bridgehead atoms. The molecule has 21 heavy (non-hydrogen) atoms. The van der Waals surface area contributed by atoms with Crippen LogP contribution >= 0.6 is 0 Å². The van der Waals surface area contributed by atoms with Crippen molar-refractivity contribution in [3.8, 4) is 0 Å². The van der Waals surface area contributed by atoms with E-state index < -0.39 is 6.04 Å². The van der Waals surface area contributed by atoms with Gasteiger partial charge in [-0.05, 0) is 13.3 Å². The third-order valence-electron chi connectivity index (χ3n) is 3.58. The Bertz CT molecular complexity index is 526. The third-order valence-corrected chi connectivity index (χ3v) is 3.58. The Morgan fingerprint density at radius 3 is 2.67 bits per heavy atom. The SMILES string of the molecule is CCCN1CC(=O)N(Cc2nc(C(C)C)no2)[C@H](C)C1=O. The van der Waals surface area contributed by atoms with Crippen LogP contribution in [0.2, 0.25) is 0 Å². The summed E-state index contributed by atoms with van der Waals surface area (Å²) in [6, 6.07) is -0.493. The van der Waals surface area contributed by atoms with Gasteiger partial charge in [0.25, 0.3) is 0 Å². The minimum absolute atomic E-state index is 0.0277. The predicted octanol–water partition coefficient (Wildman–Crippen LogP) is 1.16. The molecule has 0 saturated carbocycles. The van der Waals surface area contributed by atoms with Crippen LogP contribution in [0.3, 0.4) is 0 Å². The summed E-state index contributed by atoms with van der Waals surface area (Å²) in [5.74, 6) is 1.04. The van der Waals surface area contributed by atoms with Gasteiger partial charge in [-0.25, -0.2) is 0 Å². The van der Waals surface area contributed by atoms with Crippen molar-refractivity contribution in [2.45, 2.75) is 52.6 Å². The average molecular weight is 294 g/mol. The molecule has 1 aliphatic rings. The zero-order chi connectivity index (χ0) is 15.6. The summed E-state index contributed by atoms with van der Waals surface area (Å²) in [4.78, 5) is 31.8. The zero-order valence-electron chi connectivity index (χ0n) is 13.0. The molecule has 0 N–H and O–H groups in total. The van der Waals surface area contributed by atoms with Crippen LogP contribution in [-0.2, 0) is 16.1 Å². The lowest BCUT2D eigenvalue weighted by Gasteiger charge is -2.37. The van der Waals surface area contributed by atoms with Crippen molar-refractivity contribution in [2.75, 3.05) is 13.1 Å². The second-order valence-corrected chi connectivity index (χ2v) is 5.66. The second kappa shape index (κ2) is 6.24. The molecule has 1 atom stereocenters. The van der Waals surface area contributed by atoms with Gasteiger partial charge in [0.2, 0.25) is 17.7 Å². The highest BCUT2D eigenvalue weighted by atomic mass is 16.5. The second-order valence-electron chi connectivity index (χ2n) is 5.66. The van der Waals surface area contributed by atoms with Crippen molar-refractivity contribution >= 4 is 11.8 Å². The van der Waals surface area contributed by atoms with Gasteiger partial charge < -0.3 is 14.3 Å². The molecular formula is C14H22N4O3. The van der Waals surface area contributed by atoms with Crippen molar-refractivity contribution in [3.05, 3.63) is 11.7 Å². The molecule has 0 radical (unpaired) electrons. The molecule has 7 nitrogen and oxygen atoms in total. The van der Waals surface area contributed by atoms with E-state index in [4.69, 9.17) is 4.52 Å². The van der Waals surface area contributed by atoms with E-state index >= 15 is 0 Å². The van der Waals surface area contributed by atoms with Gasteiger partial charge in [0.05, 0.1) is 6.54 Å². The van der Waals surface area contributed by atoms with Crippen LogP contribution in [0.15, 0.2) is 4.52 Å². The molecule has 7 heteroatoms. The molecule has 1 aromatic heterocycles. The summed E-state index contributed by atoms with van der Waals surface area (Å²) in [5, 5.41) is 3.88. The summed E-state index contributed by atoms with van der Waals surface area (Å²) in [7, 11) is 0. The Morgan fingerprint density at radius 1 is 1.38 bits per heavy atom. The summed E-state index contributed by atoms with van der Waals surface area (Å²) >= 11 is 0. The third kappa shape index (κ3) is 3.22. The van der Waals surface area contributed by atoms with Gasteiger partial charge in [0.1, 0.15) is 12.6 Å². The normalized spacial score (nSPS) is 19.8. The van der Waals surface area contributed by atoms with E-state index in [1.54, 1.807) is 11.8 Å². The Kier molecular flexibility index (Phi) is 4.59. The molecule has 0 aliphatic carbocycles. The summed E-state index contributed by atoms with van der Waals surface area (Å²) in [5.41, 5.74) is 0. The standard InChI is InChI=1S/C14H22N4O3/c1-5-6-17-8-12(19)18(10(4)14(17)20)7-11-15-13(9(2)3)16-21-11/h9-10H,5-8H2,1-4H3/t10-/m1/s1. The average Bonchev–Trinajstić information content (AvgIpc) is 2.90. The Morgan fingerprint density at radius 2 is 2.10 bits per heavy atom. The maximum absolute atomic E-state index is 12.2. The molecule has 1 fully saturated rings. The molecule has 0 unspecified atom stereocenters. The number of hydrogen-bond acceptors (Lipinski definition) is 5. The van der Waals surface area contributed by atoms with Gasteiger partial charge in [-0.1, -0.05) is 25.9 Å². The number of carbonyl (C=O) groups excluding carboxylic acids is 2. The van der Waals surface area contributed by atoms with Crippen LogP contribution < -0.4 is 0 Å². The molecule has 1 aliphatic heterocycles. The van der Waals surface area contributed by atoms with E-state index in [2.05, 4.69) is 10.1 Å². The number of amides is 2. The quantitative estimate of drug-likeness (QED) is 0.814. The van der Waals surface area contributed by atoms with Crippen molar-refractivity contribution < 1.29 is 14.1 Å². The van der Waals surface area contributed by atoms with Gasteiger partial charge in [0.15, 0.2) is 5.82 Å². The number of nitrogens with zero attached hydrogens (tertiary/aromatic N) is 4. The molecule has 1 aromatic rings. The molecule has 1 saturated heterocycles. The highest BCUT2D eigenvalue weighted by Crippen LogP contribution is 2.17. The molecule has 2 rings (SSSR count). The first-order chi connectivity index (χ1) is 9.93. The lowest BCUT2D eigenvalue weighted by Crippen LogP contribution is -2.58. The number of aromatic nitrogens is 2. The Balaban J connectivity index is 2.09. The van der Waals surface area contributed by atoms with Crippen LogP contribution in [-0.4, -0.2) is 50.9 Å². The van der Waals surface area contributed by atoms with Gasteiger partial charge in [-0.15, -0.1) is 0 Å². The van der Waals surface area contributed by atoms with Crippen LogP contribution in [0.5, 0.6) is 0 Å². The van der Waals surface area contributed by atoms with Crippen molar-refractivity contribution in [3.63, 3.8) is 0 Å². The lowest BCUT2D eigenvalue weighted by atomic mass is 10.1. The molecule has 116 valence electrons. The van der Waals surface area contributed by atoms with Gasteiger partial charge >= 0.3 is 0 Å². The number of rotatable bonds is 5. The fraction of sp³-hybridized carbons (Fsp3) is 0.714. The topological polar surface area (TPSA) is 79.5 Å². The first-order valence-electron chi connectivity index (χ1n) is 7.34. The summed E-state index contributed by atoms with van der Waals surface area (Å²) in [6.45, 7) is 8.59. The smallest absolute Gasteiger partial charge is 0.246 e. The van der Waals surface area contributed by atoms with Crippen LogP contribution in [0.4, 0.5) is 0 Å². The van der Waals surface area contributed by atoms with Crippen molar-refractivity contribution in [1.29, 1.82) is 0 Å². The van der Waals surface area contributed by atoms with Gasteiger partial charge in [0, 0.05) is 12.5 Å². The zero-order valence-corrected chi connectivity index (χ0v) is 13.0. The number of carbonyl (C=O) groups is 2. The van der Waals surface area contributed by atoms with Crippen molar-refractivity contribution in [2.24, 2.45) is 0 Å². The minimum atomic E-state index is -0.493. The van der Waals surface area contributed by atoms with E-state index in [-0.39, 0.29) is 30.8 Å². The maximum Gasteiger partial charge on any atom is 0.246 e. The molecule has 0 aromatic carbocycles. The van der Waals surface area contributed by atoms with Crippen molar-refractivity contribution in [1.82, 2.24) is 19.9 Å². The van der Waals surface area contributed by atoms with E-state index in [1.807, 2.05) is 20.8 Å². The van der Waals surface area contributed by atoms with Gasteiger partial charge in [-0.3, -0.25) is 9.59 Å². The summed E-state index contributed by atoms with van der Waals surface area (Å²) in [6.07, 6.45) is 0.840. The maximum atomic E-state index is 12.2. The molecular weight excluding hydrogens is 272 g/mol. The number of hydrogen-bond donors (Lipinski definition) is 0. The van der Waals surface area contributed by atoms with E-state index in [1.165, 1.54) is 4.90 Å². The molecule has 2 heterocycles. The van der Waals surface area contributed by atoms with Gasteiger partial charge in [-0.2, -0.15) is 4.98 Å². The summed E-state index contributed by atoms with van der Waals surface area (Å²) < 4.78 is 5.16. The Labute approximate surface area is 124 Å². The predicted molar refractivity (Wildman–Crippen MR) is 75.3 cm³/mol. The first-order valence-corrected chi connectivity index (χ1v) is 7.34. The molecule has 0 spiro atoms. The monoisotopic (exact) mass is 294 g/mol. The highest BCUT2D eigenvalue weighted by molar-refractivity contribution is 5.94. The minimum Gasteiger partial charge on any atom is -0.337 e. The first kappa shape index (κ1) is 15.5. The number of piperazine rings is 1. The van der Waals surface area contributed by atoms with E-state index in [9.17, 15) is 9.59 Å². The lowest BCUT2D eigenvalue weighted by molar-refractivity contribution is -0.156.